The van der Waals surface area contributed by atoms with Crippen molar-refractivity contribution in [1.82, 2.24) is 4.90 Å². The molecule has 2 aliphatic rings. The summed E-state index contributed by atoms with van der Waals surface area (Å²) in [7, 11) is 0. The van der Waals surface area contributed by atoms with Crippen molar-refractivity contribution in [2.45, 2.75) is 18.9 Å². The van der Waals surface area contributed by atoms with Gasteiger partial charge in [0.25, 0.3) is 0 Å². The second-order valence-electron chi connectivity index (χ2n) is 5.42. The number of nitrogens with zero attached hydrogens (tertiary/aromatic N) is 2. The fourth-order valence-electron chi connectivity index (χ4n) is 3.22. The molecular weight excluding hydrogens is 251 g/mol. The van der Waals surface area contributed by atoms with Gasteiger partial charge in [0.05, 0.1) is 18.1 Å². The van der Waals surface area contributed by atoms with E-state index in [0.717, 1.165) is 30.6 Å². The lowest BCUT2D eigenvalue weighted by atomic mass is 9.89. The Morgan fingerprint density at radius 2 is 2.00 bits per heavy atom. The SMILES string of the molecule is Fc1ccc2c(c1)CC1c3ccccc3CCN1C=N2. The van der Waals surface area contributed by atoms with Crippen molar-refractivity contribution >= 4 is 12.0 Å². The van der Waals surface area contributed by atoms with Crippen molar-refractivity contribution in [3.05, 3.63) is 65.0 Å². The summed E-state index contributed by atoms with van der Waals surface area (Å²) in [5, 5.41) is 0. The van der Waals surface area contributed by atoms with E-state index in [1.807, 2.05) is 6.34 Å². The van der Waals surface area contributed by atoms with Gasteiger partial charge < -0.3 is 4.90 Å². The molecule has 2 nitrogen and oxygen atoms in total. The summed E-state index contributed by atoms with van der Waals surface area (Å²) in [6.07, 6.45) is 3.78. The second-order valence-corrected chi connectivity index (χ2v) is 5.42. The van der Waals surface area contributed by atoms with E-state index in [-0.39, 0.29) is 11.9 Å². The van der Waals surface area contributed by atoms with Crippen LogP contribution in [-0.4, -0.2) is 17.8 Å². The molecule has 2 aliphatic heterocycles. The molecule has 0 bridgehead atoms. The van der Waals surface area contributed by atoms with Gasteiger partial charge in [-0.05, 0) is 47.7 Å². The van der Waals surface area contributed by atoms with Gasteiger partial charge in [0.15, 0.2) is 0 Å². The Morgan fingerprint density at radius 1 is 1.10 bits per heavy atom. The average Bonchev–Trinajstić information content (AvgIpc) is 2.66. The van der Waals surface area contributed by atoms with Gasteiger partial charge in [-0.15, -0.1) is 0 Å². The summed E-state index contributed by atoms with van der Waals surface area (Å²) in [6, 6.07) is 13.7. The van der Waals surface area contributed by atoms with Crippen molar-refractivity contribution in [3.8, 4) is 0 Å². The van der Waals surface area contributed by atoms with Crippen LogP contribution in [0.3, 0.4) is 0 Å². The molecule has 100 valence electrons. The molecule has 0 saturated heterocycles. The Balaban J connectivity index is 1.82. The van der Waals surface area contributed by atoms with Crippen LogP contribution in [0, 0.1) is 5.82 Å². The van der Waals surface area contributed by atoms with Crippen molar-refractivity contribution in [2.24, 2.45) is 4.99 Å². The van der Waals surface area contributed by atoms with Gasteiger partial charge in [0.1, 0.15) is 5.82 Å². The van der Waals surface area contributed by atoms with Crippen molar-refractivity contribution in [2.75, 3.05) is 6.54 Å². The minimum Gasteiger partial charge on any atom is -0.355 e. The van der Waals surface area contributed by atoms with Crippen molar-refractivity contribution in [1.29, 1.82) is 0 Å². The van der Waals surface area contributed by atoms with Gasteiger partial charge in [-0.1, -0.05) is 24.3 Å². The van der Waals surface area contributed by atoms with Gasteiger partial charge in [0.2, 0.25) is 0 Å². The van der Waals surface area contributed by atoms with Crippen LogP contribution in [0.4, 0.5) is 10.1 Å². The zero-order valence-corrected chi connectivity index (χ0v) is 11.1. The number of hydrogen-bond donors (Lipinski definition) is 0. The first-order valence-corrected chi connectivity index (χ1v) is 6.97. The molecule has 0 spiro atoms. The first kappa shape index (κ1) is 11.6. The predicted octanol–water partition coefficient (Wildman–Crippen LogP) is 3.64. The van der Waals surface area contributed by atoms with Gasteiger partial charge >= 0.3 is 0 Å². The summed E-state index contributed by atoms with van der Waals surface area (Å²) in [5.74, 6) is -0.184. The lowest BCUT2D eigenvalue weighted by Gasteiger charge is -2.35. The fraction of sp³-hybridized carbons (Fsp3) is 0.235. The van der Waals surface area contributed by atoms with E-state index >= 15 is 0 Å². The summed E-state index contributed by atoms with van der Waals surface area (Å²) in [5.41, 5.74) is 4.63. The minimum absolute atomic E-state index is 0.184. The van der Waals surface area contributed by atoms with Crippen molar-refractivity contribution < 1.29 is 4.39 Å². The summed E-state index contributed by atoms with van der Waals surface area (Å²) >= 11 is 0. The van der Waals surface area contributed by atoms with Crippen LogP contribution >= 0.6 is 0 Å². The molecule has 2 aromatic rings. The highest BCUT2D eigenvalue weighted by molar-refractivity contribution is 5.66. The maximum Gasteiger partial charge on any atom is 0.123 e. The normalized spacial score (nSPS) is 19.9. The molecule has 0 aromatic heterocycles. The van der Waals surface area contributed by atoms with E-state index in [1.54, 1.807) is 12.1 Å². The lowest BCUT2D eigenvalue weighted by molar-refractivity contribution is 0.308. The fourth-order valence-corrected chi connectivity index (χ4v) is 3.22. The highest BCUT2D eigenvalue weighted by Crippen LogP contribution is 2.36. The number of fused-ring (bicyclic) bond motifs is 4. The highest BCUT2D eigenvalue weighted by Gasteiger charge is 2.28. The lowest BCUT2D eigenvalue weighted by Crippen LogP contribution is -2.34. The molecule has 0 aliphatic carbocycles. The third-order valence-electron chi connectivity index (χ3n) is 4.25. The Kier molecular flexibility index (Phi) is 2.59. The van der Waals surface area contributed by atoms with E-state index < -0.39 is 0 Å². The topological polar surface area (TPSA) is 15.6 Å². The second kappa shape index (κ2) is 4.44. The molecule has 0 radical (unpaired) electrons. The summed E-state index contributed by atoms with van der Waals surface area (Å²) in [6.45, 7) is 0.974. The molecule has 1 unspecified atom stereocenters. The number of hydrogen-bond acceptors (Lipinski definition) is 2. The van der Waals surface area contributed by atoms with Gasteiger partial charge in [-0.2, -0.15) is 0 Å². The average molecular weight is 266 g/mol. The molecule has 4 rings (SSSR count). The van der Waals surface area contributed by atoms with Crippen LogP contribution < -0.4 is 0 Å². The first-order valence-electron chi connectivity index (χ1n) is 6.97. The zero-order valence-electron chi connectivity index (χ0n) is 11.1. The molecule has 0 fully saturated rings. The molecular formula is C17H15FN2. The molecule has 20 heavy (non-hydrogen) atoms. The molecule has 3 heteroatoms. The van der Waals surface area contributed by atoms with Gasteiger partial charge in [-0.25, -0.2) is 9.38 Å². The van der Waals surface area contributed by atoms with E-state index in [2.05, 4.69) is 34.2 Å². The monoisotopic (exact) mass is 266 g/mol. The quantitative estimate of drug-likeness (QED) is 0.710. The summed E-state index contributed by atoms with van der Waals surface area (Å²) < 4.78 is 13.5. The third-order valence-corrected chi connectivity index (χ3v) is 4.25. The largest absolute Gasteiger partial charge is 0.355 e. The predicted molar refractivity (Wildman–Crippen MR) is 77.8 cm³/mol. The van der Waals surface area contributed by atoms with Crippen LogP contribution in [0.5, 0.6) is 0 Å². The molecule has 1 atom stereocenters. The third kappa shape index (κ3) is 1.82. The number of benzene rings is 2. The van der Waals surface area contributed by atoms with Crippen LogP contribution in [0.15, 0.2) is 47.5 Å². The van der Waals surface area contributed by atoms with E-state index in [1.165, 1.54) is 17.2 Å². The first-order chi connectivity index (χ1) is 9.81. The van der Waals surface area contributed by atoms with E-state index in [9.17, 15) is 4.39 Å². The standard InChI is InChI=1S/C17H15FN2/c18-14-5-6-16-13(9-14)10-17-15-4-2-1-3-12(15)7-8-20(17)11-19-16/h1-6,9,11,17H,7-8,10H2. The number of halogens is 1. The summed E-state index contributed by atoms with van der Waals surface area (Å²) in [4.78, 5) is 6.80. The van der Waals surface area contributed by atoms with Gasteiger partial charge in [0, 0.05) is 6.54 Å². The number of aliphatic imine (C=N–C) groups is 1. The smallest absolute Gasteiger partial charge is 0.123 e. The van der Waals surface area contributed by atoms with E-state index in [4.69, 9.17) is 0 Å². The molecule has 0 N–H and O–H groups in total. The molecule has 0 amide bonds. The highest BCUT2D eigenvalue weighted by atomic mass is 19.1. The van der Waals surface area contributed by atoms with E-state index in [0.29, 0.717) is 0 Å². The Hall–Kier alpha value is -2.16. The maximum atomic E-state index is 13.5. The Bertz CT molecular complexity index is 693. The van der Waals surface area contributed by atoms with Gasteiger partial charge in [-0.3, -0.25) is 0 Å². The molecule has 0 saturated carbocycles. The number of rotatable bonds is 0. The van der Waals surface area contributed by atoms with Crippen molar-refractivity contribution in [3.63, 3.8) is 0 Å². The molecule has 2 heterocycles. The van der Waals surface area contributed by atoms with Crippen LogP contribution in [0.25, 0.3) is 0 Å². The Labute approximate surface area is 117 Å². The Morgan fingerprint density at radius 3 is 2.95 bits per heavy atom. The minimum atomic E-state index is -0.184. The van der Waals surface area contributed by atoms with Crippen LogP contribution in [-0.2, 0) is 12.8 Å². The van der Waals surface area contributed by atoms with Crippen LogP contribution in [0.1, 0.15) is 22.7 Å². The molecule has 2 aromatic carbocycles. The maximum absolute atomic E-state index is 13.5. The zero-order chi connectivity index (χ0) is 13.5. The van der Waals surface area contributed by atoms with Crippen LogP contribution in [0.2, 0.25) is 0 Å².